The van der Waals surface area contributed by atoms with Crippen LogP contribution in [-0.4, -0.2) is 35.8 Å². The number of likely N-dealkylation sites (tertiary alicyclic amines) is 1. The highest BCUT2D eigenvalue weighted by Gasteiger charge is 2.49. The zero-order chi connectivity index (χ0) is 18.7. The number of hydrogen-bond acceptors (Lipinski definition) is 3. The Kier molecular flexibility index (Phi) is 6.13. The maximum Gasteiger partial charge on any atom is 0.228 e. The van der Waals surface area contributed by atoms with Crippen molar-refractivity contribution in [3.05, 3.63) is 0 Å². The Morgan fingerprint density at radius 3 is 2.40 bits per heavy atom. The Labute approximate surface area is 152 Å². The fourth-order valence-electron chi connectivity index (χ4n) is 4.55. The van der Waals surface area contributed by atoms with E-state index in [0.717, 1.165) is 32.1 Å². The van der Waals surface area contributed by atoms with Crippen molar-refractivity contribution in [2.75, 3.05) is 13.1 Å². The first-order chi connectivity index (χ1) is 11.8. The van der Waals surface area contributed by atoms with Crippen LogP contribution in [0, 0.1) is 28.1 Å². The summed E-state index contributed by atoms with van der Waals surface area (Å²) >= 11 is 0. The summed E-state index contributed by atoms with van der Waals surface area (Å²) in [6.45, 7) is 9.57. The average Bonchev–Trinajstić information content (AvgIpc) is 2.99. The molecule has 5 nitrogen and oxygen atoms in total. The van der Waals surface area contributed by atoms with Crippen molar-refractivity contribution in [1.82, 2.24) is 10.2 Å². The van der Waals surface area contributed by atoms with Gasteiger partial charge < -0.3 is 10.2 Å². The molecule has 0 aromatic rings. The van der Waals surface area contributed by atoms with Crippen molar-refractivity contribution < 1.29 is 9.59 Å². The van der Waals surface area contributed by atoms with Crippen LogP contribution in [0.4, 0.5) is 0 Å². The third-order valence-electron chi connectivity index (χ3n) is 6.06. The number of amides is 2. The minimum Gasteiger partial charge on any atom is -0.351 e. The van der Waals surface area contributed by atoms with Crippen molar-refractivity contribution >= 4 is 11.8 Å². The molecule has 1 aliphatic carbocycles. The minimum atomic E-state index is -0.377. The Morgan fingerprint density at radius 1 is 1.28 bits per heavy atom. The predicted molar refractivity (Wildman–Crippen MR) is 97.5 cm³/mol. The van der Waals surface area contributed by atoms with Crippen LogP contribution in [0.1, 0.15) is 72.6 Å². The van der Waals surface area contributed by atoms with Gasteiger partial charge in [0.2, 0.25) is 11.8 Å². The van der Waals surface area contributed by atoms with Crippen LogP contribution in [-0.2, 0) is 9.59 Å². The fraction of sp³-hybridized carbons (Fsp3) is 0.850. The van der Waals surface area contributed by atoms with Gasteiger partial charge in [0.05, 0.1) is 6.07 Å². The second-order valence-electron chi connectivity index (χ2n) is 8.57. The number of carbonyl (C=O) groups excluding carboxylic acids is 2. The molecule has 1 heterocycles. The van der Waals surface area contributed by atoms with E-state index in [4.69, 9.17) is 5.26 Å². The zero-order valence-corrected chi connectivity index (χ0v) is 16.2. The van der Waals surface area contributed by atoms with Gasteiger partial charge in [-0.15, -0.1) is 0 Å². The highest BCUT2D eigenvalue weighted by Crippen LogP contribution is 2.46. The van der Waals surface area contributed by atoms with E-state index in [1.54, 1.807) is 0 Å². The molecular formula is C20H33N3O2. The maximum atomic E-state index is 12.8. The summed E-state index contributed by atoms with van der Waals surface area (Å²) in [6.07, 6.45) is 5.95. The summed E-state index contributed by atoms with van der Waals surface area (Å²) in [6, 6.07) is 2.31. The smallest absolute Gasteiger partial charge is 0.228 e. The average molecular weight is 348 g/mol. The van der Waals surface area contributed by atoms with Gasteiger partial charge in [-0.3, -0.25) is 9.59 Å². The second kappa shape index (κ2) is 7.76. The van der Waals surface area contributed by atoms with E-state index in [0.29, 0.717) is 25.9 Å². The first kappa shape index (κ1) is 19.8. The fourth-order valence-corrected chi connectivity index (χ4v) is 4.55. The lowest BCUT2D eigenvalue weighted by Gasteiger charge is -2.42. The summed E-state index contributed by atoms with van der Waals surface area (Å²) in [5.41, 5.74) is -0.681. The summed E-state index contributed by atoms with van der Waals surface area (Å²) in [7, 11) is 0. The van der Waals surface area contributed by atoms with E-state index in [9.17, 15) is 9.59 Å². The predicted octanol–water partition coefficient (Wildman–Crippen LogP) is 3.25. The van der Waals surface area contributed by atoms with Gasteiger partial charge in [-0.25, -0.2) is 0 Å². The maximum absolute atomic E-state index is 12.8. The number of rotatable bonds is 7. The van der Waals surface area contributed by atoms with E-state index in [1.165, 1.54) is 0 Å². The molecule has 0 bridgehead atoms. The topological polar surface area (TPSA) is 73.2 Å². The molecule has 0 spiro atoms. The Bertz CT molecular complexity index is 540. The summed E-state index contributed by atoms with van der Waals surface area (Å²) in [5, 5.41) is 12.1. The molecule has 25 heavy (non-hydrogen) atoms. The Hall–Kier alpha value is -1.57. The minimum absolute atomic E-state index is 0.0239. The van der Waals surface area contributed by atoms with Gasteiger partial charge in [0, 0.05) is 35.9 Å². The van der Waals surface area contributed by atoms with Crippen LogP contribution in [0.3, 0.4) is 0 Å². The molecule has 2 rings (SSSR count). The third kappa shape index (κ3) is 4.16. The molecule has 1 saturated carbocycles. The molecule has 0 aromatic carbocycles. The monoisotopic (exact) mass is 347 g/mol. The van der Waals surface area contributed by atoms with E-state index in [-0.39, 0.29) is 34.6 Å². The van der Waals surface area contributed by atoms with Gasteiger partial charge in [-0.2, -0.15) is 5.26 Å². The summed E-state index contributed by atoms with van der Waals surface area (Å²) < 4.78 is 0. The Balaban J connectivity index is 1.89. The molecule has 2 aliphatic rings. The van der Waals surface area contributed by atoms with Gasteiger partial charge in [-0.05, 0) is 32.1 Å². The van der Waals surface area contributed by atoms with E-state index >= 15 is 0 Å². The zero-order valence-electron chi connectivity index (χ0n) is 16.2. The second-order valence-corrected chi connectivity index (χ2v) is 8.57. The first-order valence-electron chi connectivity index (χ1n) is 9.78. The SMILES string of the molecule is CCCC(C)(CCC)C(=O)NC1CCN(C(=O)C2(C)CC(C#N)C2)C1. The molecule has 140 valence electrons. The molecule has 1 atom stereocenters. The van der Waals surface area contributed by atoms with Gasteiger partial charge >= 0.3 is 0 Å². The van der Waals surface area contributed by atoms with E-state index in [2.05, 4.69) is 32.2 Å². The van der Waals surface area contributed by atoms with Crippen LogP contribution >= 0.6 is 0 Å². The molecule has 1 unspecified atom stereocenters. The van der Waals surface area contributed by atoms with Gasteiger partial charge in [-0.1, -0.05) is 40.5 Å². The summed E-state index contributed by atoms with van der Waals surface area (Å²) in [5.74, 6) is 0.311. The largest absolute Gasteiger partial charge is 0.351 e. The highest BCUT2D eigenvalue weighted by atomic mass is 16.2. The number of nitrogens with zero attached hydrogens (tertiary/aromatic N) is 2. The van der Waals surface area contributed by atoms with Crippen molar-refractivity contribution in [3.8, 4) is 6.07 Å². The van der Waals surface area contributed by atoms with Crippen molar-refractivity contribution in [1.29, 1.82) is 5.26 Å². The van der Waals surface area contributed by atoms with Crippen LogP contribution in [0.25, 0.3) is 0 Å². The lowest BCUT2D eigenvalue weighted by molar-refractivity contribution is -0.147. The molecule has 1 N–H and O–H groups in total. The van der Waals surface area contributed by atoms with Crippen LogP contribution in [0.2, 0.25) is 0 Å². The van der Waals surface area contributed by atoms with Crippen molar-refractivity contribution in [3.63, 3.8) is 0 Å². The van der Waals surface area contributed by atoms with E-state index < -0.39 is 0 Å². The molecule has 0 aromatic heterocycles. The number of nitrogens with one attached hydrogen (secondary N) is 1. The van der Waals surface area contributed by atoms with Gasteiger partial charge in [0.25, 0.3) is 0 Å². The number of nitriles is 1. The van der Waals surface area contributed by atoms with Crippen molar-refractivity contribution in [2.45, 2.75) is 78.7 Å². The van der Waals surface area contributed by atoms with Crippen LogP contribution < -0.4 is 5.32 Å². The molecular weight excluding hydrogens is 314 g/mol. The van der Waals surface area contributed by atoms with Crippen LogP contribution in [0.5, 0.6) is 0 Å². The standard InChI is InChI=1S/C20H33N3O2/c1-5-8-19(3,9-6-2)17(24)22-16-7-10-23(14-16)18(25)20(4)11-15(12-20)13-21/h15-16H,5-12,14H2,1-4H3,(H,22,24). The van der Waals surface area contributed by atoms with E-state index in [1.807, 2.05) is 11.8 Å². The molecule has 2 amide bonds. The molecule has 1 saturated heterocycles. The highest BCUT2D eigenvalue weighted by molar-refractivity contribution is 5.85. The lowest BCUT2D eigenvalue weighted by atomic mass is 9.63. The van der Waals surface area contributed by atoms with Crippen molar-refractivity contribution in [2.24, 2.45) is 16.7 Å². The van der Waals surface area contributed by atoms with Crippen LogP contribution in [0.15, 0.2) is 0 Å². The molecule has 0 radical (unpaired) electrons. The molecule has 1 aliphatic heterocycles. The number of carbonyl (C=O) groups is 2. The van der Waals surface area contributed by atoms with Gasteiger partial charge in [0.1, 0.15) is 0 Å². The molecule has 5 heteroatoms. The normalized spacial score (nSPS) is 29.0. The summed E-state index contributed by atoms with van der Waals surface area (Å²) in [4.78, 5) is 27.4. The quantitative estimate of drug-likeness (QED) is 0.768. The van der Waals surface area contributed by atoms with Gasteiger partial charge in [0.15, 0.2) is 0 Å². The number of hydrogen-bond donors (Lipinski definition) is 1. The third-order valence-corrected chi connectivity index (χ3v) is 6.06. The first-order valence-corrected chi connectivity index (χ1v) is 9.78. The lowest BCUT2D eigenvalue weighted by Crippen LogP contribution is -2.50. The molecule has 2 fully saturated rings. The Morgan fingerprint density at radius 2 is 1.88 bits per heavy atom.